The van der Waals surface area contributed by atoms with Gasteiger partial charge in [-0.2, -0.15) is 13.2 Å². The molecule has 0 radical (unpaired) electrons. The van der Waals surface area contributed by atoms with Crippen molar-refractivity contribution in [3.63, 3.8) is 0 Å². The number of halogens is 5. The lowest BCUT2D eigenvalue weighted by Gasteiger charge is -2.14. The first-order valence-corrected chi connectivity index (χ1v) is 9.41. The zero-order valence-electron chi connectivity index (χ0n) is 14.9. The van der Waals surface area contributed by atoms with E-state index in [-0.39, 0.29) is 16.6 Å². The highest BCUT2D eigenvalue weighted by Gasteiger charge is 2.33. The van der Waals surface area contributed by atoms with Gasteiger partial charge in [-0.05, 0) is 65.9 Å². The predicted molar refractivity (Wildman–Crippen MR) is 108 cm³/mol. The summed E-state index contributed by atoms with van der Waals surface area (Å²) in [5, 5.41) is 2.69. The zero-order chi connectivity index (χ0) is 21.5. The van der Waals surface area contributed by atoms with Crippen LogP contribution in [0.15, 0.2) is 36.4 Å². The van der Waals surface area contributed by atoms with Gasteiger partial charge in [-0.15, -0.1) is 0 Å². The van der Waals surface area contributed by atoms with Crippen LogP contribution in [0.2, 0.25) is 0 Å². The molecule has 2 amide bonds. The second-order valence-corrected chi connectivity index (χ2v) is 7.29. The van der Waals surface area contributed by atoms with Crippen molar-refractivity contribution in [3.05, 3.63) is 62.6 Å². The number of rotatable bonds is 4. The monoisotopic (exact) mass is 519 g/mol. The number of nitrogens with two attached hydrogens (primary N) is 1. The van der Waals surface area contributed by atoms with Crippen LogP contribution < -0.4 is 11.1 Å². The predicted octanol–water partition coefficient (Wildman–Crippen LogP) is 4.77. The summed E-state index contributed by atoms with van der Waals surface area (Å²) in [6, 6.07) is 6.49. The second kappa shape index (κ2) is 7.65. The average molecular weight is 519 g/mol. The van der Waals surface area contributed by atoms with Gasteiger partial charge in [0.1, 0.15) is 5.82 Å². The molecule has 2 aromatic carbocycles. The normalized spacial score (nSPS) is 11.7. The number of primary amides is 1. The molecule has 0 saturated carbocycles. The van der Waals surface area contributed by atoms with Crippen LogP contribution in [0.3, 0.4) is 0 Å². The van der Waals surface area contributed by atoms with E-state index in [0.29, 0.717) is 15.8 Å². The molecule has 5 nitrogen and oxygen atoms in total. The van der Waals surface area contributed by atoms with Crippen LogP contribution in [0.25, 0.3) is 10.9 Å². The summed E-state index contributed by atoms with van der Waals surface area (Å²) < 4.78 is 56.0. The molecule has 0 bridgehead atoms. The number of fused-ring (bicyclic) bond motifs is 1. The number of carbonyl (C=O) groups is 2. The lowest BCUT2D eigenvalue weighted by atomic mass is 10.0. The smallest absolute Gasteiger partial charge is 0.366 e. The highest BCUT2D eigenvalue weighted by Crippen LogP contribution is 2.35. The molecule has 1 aromatic heterocycles. The molecule has 3 rings (SSSR count). The van der Waals surface area contributed by atoms with Crippen LogP contribution in [0, 0.1) is 9.52 Å². The molecule has 0 aliphatic rings. The number of carbonyl (C=O) groups excluding carboxylic acids is 2. The number of aryl methyl sites for hydroxylation is 1. The van der Waals surface area contributed by atoms with E-state index < -0.39 is 34.9 Å². The van der Waals surface area contributed by atoms with Crippen molar-refractivity contribution in [2.24, 2.45) is 5.73 Å². The van der Waals surface area contributed by atoms with Gasteiger partial charge < -0.3 is 15.6 Å². The zero-order valence-corrected chi connectivity index (χ0v) is 17.1. The van der Waals surface area contributed by atoms with Gasteiger partial charge in [0.25, 0.3) is 11.8 Å². The summed E-state index contributed by atoms with van der Waals surface area (Å²) in [4.78, 5) is 24.1. The third-order valence-corrected chi connectivity index (χ3v) is 5.21. The Bertz CT molecular complexity index is 1140. The Morgan fingerprint density at radius 3 is 2.41 bits per heavy atom. The highest BCUT2D eigenvalue weighted by atomic mass is 127. The average Bonchev–Trinajstić information content (AvgIpc) is 2.96. The molecule has 0 aliphatic carbocycles. The molecule has 0 saturated heterocycles. The Balaban J connectivity index is 2.13. The summed E-state index contributed by atoms with van der Waals surface area (Å²) >= 11 is 1.98. The molecular weight excluding hydrogens is 505 g/mol. The van der Waals surface area contributed by atoms with Crippen molar-refractivity contribution in [1.29, 1.82) is 0 Å². The lowest BCUT2D eigenvalue weighted by Crippen LogP contribution is -2.18. The standard InChI is InChI=1S/C19H14F4IN3O2/c1-2-27-15(24)6-9-5-10(19(21,22)23)7-13(16(9)27)18(29)26-11-3-4-14(20)12(8-11)17(25)28/h3-8H,2H2,1H3,(H2,25,28)(H,26,29). The quantitative estimate of drug-likeness (QED) is 0.385. The van der Waals surface area contributed by atoms with E-state index >= 15 is 0 Å². The largest absolute Gasteiger partial charge is 0.416 e. The van der Waals surface area contributed by atoms with Gasteiger partial charge in [-0.25, -0.2) is 4.39 Å². The van der Waals surface area contributed by atoms with E-state index in [1.807, 2.05) is 22.6 Å². The minimum Gasteiger partial charge on any atom is -0.366 e. The van der Waals surface area contributed by atoms with Crippen LogP contribution in [0.1, 0.15) is 33.2 Å². The van der Waals surface area contributed by atoms with E-state index in [0.717, 1.165) is 24.3 Å². The van der Waals surface area contributed by atoms with Crippen LogP contribution in [0.4, 0.5) is 23.2 Å². The number of alkyl halides is 3. The molecule has 0 spiro atoms. The first-order chi connectivity index (χ1) is 13.5. The van der Waals surface area contributed by atoms with Crippen LogP contribution in [-0.4, -0.2) is 16.4 Å². The second-order valence-electron chi connectivity index (χ2n) is 6.18. The molecule has 152 valence electrons. The molecule has 1 heterocycles. The number of anilines is 1. The molecule has 0 aliphatic heterocycles. The first kappa shape index (κ1) is 21.1. The van der Waals surface area contributed by atoms with Gasteiger partial charge in [0, 0.05) is 17.6 Å². The van der Waals surface area contributed by atoms with Gasteiger partial charge >= 0.3 is 6.18 Å². The Labute approximate surface area is 176 Å². The maximum absolute atomic E-state index is 13.6. The molecule has 3 N–H and O–H groups in total. The summed E-state index contributed by atoms with van der Waals surface area (Å²) in [5.74, 6) is -2.73. The Hall–Kier alpha value is -2.63. The summed E-state index contributed by atoms with van der Waals surface area (Å²) in [7, 11) is 0. The van der Waals surface area contributed by atoms with Gasteiger partial charge in [0.05, 0.1) is 25.9 Å². The molecule has 29 heavy (non-hydrogen) atoms. The van der Waals surface area contributed by atoms with Gasteiger partial charge in [-0.1, -0.05) is 0 Å². The lowest BCUT2D eigenvalue weighted by molar-refractivity contribution is -0.137. The van der Waals surface area contributed by atoms with Crippen LogP contribution in [0.5, 0.6) is 0 Å². The summed E-state index contributed by atoms with van der Waals surface area (Å²) in [6.07, 6.45) is -4.64. The van der Waals surface area contributed by atoms with Crippen molar-refractivity contribution in [2.75, 3.05) is 5.32 Å². The van der Waals surface area contributed by atoms with Gasteiger partial charge in [0.2, 0.25) is 0 Å². The van der Waals surface area contributed by atoms with E-state index in [1.54, 1.807) is 17.6 Å². The third-order valence-electron chi connectivity index (χ3n) is 4.32. The maximum atomic E-state index is 13.6. The fourth-order valence-corrected chi connectivity index (χ4v) is 3.94. The van der Waals surface area contributed by atoms with Crippen LogP contribution >= 0.6 is 22.6 Å². The number of hydrogen-bond donors (Lipinski definition) is 2. The molecular formula is C19H14F4IN3O2. The fourth-order valence-electron chi connectivity index (χ4n) is 3.02. The van der Waals surface area contributed by atoms with Crippen LogP contribution in [-0.2, 0) is 12.7 Å². The molecule has 0 unspecified atom stereocenters. The summed E-state index contributed by atoms with van der Waals surface area (Å²) in [5.41, 5.74) is 3.87. The molecule has 3 aromatic rings. The minimum atomic E-state index is -4.64. The third kappa shape index (κ3) is 4.07. The van der Waals surface area contributed by atoms with E-state index in [4.69, 9.17) is 5.73 Å². The Kier molecular flexibility index (Phi) is 5.57. The van der Waals surface area contributed by atoms with E-state index in [1.165, 1.54) is 6.07 Å². The van der Waals surface area contributed by atoms with Crippen molar-refractivity contribution in [2.45, 2.75) is 19.6 Å². The molecule has 0 fully saturated rings. The first-order valence-electron chi connectivity index (χ1n) is 8.33. The Morgan fingerprint density at radius 1 is 1.14 bits per heavy atom. The molecule has 10 heteroatoms. The summed E-state index contributed by atoms with van der Waals surface area (Å²) in [6.45, 7) is 2.25. The van der Waals surface area contributed by atoms with Crippen molar-refractivity contribution in [3.8, 4) is 0 Å². The van der Waals surface area contributed by atoms with Crippen molar-refractivity contribution < 1.29 is 27.2 Å². The molecule has 0 atom stereocenters. The maximum Gasteiger partial charge on any atom is 0.416 e. The van der Waals surface area contributed by atoms with Crippen molar-refractivity contribution >= 4 is 51.0 Å². The number of aromatic nitrogens is 1. The van der Waals surface area contributed by atoms with E-state index in [9.17, 15) is 27.2 Å². The van der Waals surface area contributed by atoms with Gasteiger partial charge in [-0.3, -0.25) is 9.59 Å². The minimum absolute atomic E-state index is 0.0278. The number of nitrogens with zero attached hydrogens (tertiary/aromatic N) is 1. The van der Waals surface area contributed by atoms with E-state index in [2.05, 4.69) is 5.32 Å². The highest BCUT2D eigenvalue weighted by molar-refractivity contribution is 14.1. The van der Waals surface area contributed by atoms with Crippen molar-refractivity contribution in [1.82, 2.24) is 4.57 Å². The number of amides is 2. The number of hydrogen-bond acceptors (Lipinski definition) is 2. The number of nitrogens with one attached hydrogen (secondary N) is 1. The van der Waals surface area contributed by atoms with Gasteiger partial charge in [0.15, 0.2) is 0 Å². The topological polar surface area (TPSA) is 77.1 Å². The number of benzene rings is 2. The SMILES string of the molecule is CCn1c(I)cc2cc(C(F)(F)F)cc(C(=O)Nc3ccc(F)c(C(N)=O)c3)c21. The fraction of sp³-hybridized carbons (Fsp3) is 0.158. The Morgan fingerprint density at radius 2 is 1.83 bits per heavy atom.